The largest absolute Gasteiger partial charge is 0.467 e. The second-order valence-corrected chi connectivity index (χ2v) is 6.15. The number of halogens is 4. The molecule has 0 spiro atoms. The average Bonchev–Trinajstić information content (AvgIpc) is 2.63. The Hall–Kier alpha value is -3.01. The number of carbonyl (C=O) groups is 2. The molecule has 2 aromatic rings. The minimum atomic E-state index is -4.82. The Labute approximate surface area is 161 Å². The average molecular weight is 418 g/mol. The summed E-state index contributed by atoms with van der Waals surface area (Å²) >= 11 is 5.82. The summed E-state index contributed by atoms with van der Waals surface area (Å²) in [6.07, 6.45) is -4.34. The fourth-order valence-corrected chi connectivity index (χ4v) is 2.46. The zero-order chi connectivity index (χ0) is 21.2. The molecular formula is C17H15ClF3N3O4. The van der Waals surface area contributed by atoms with E-state index in [1.807, 2.05) is 0 Å². The number of alkyl halides is 3. The number of methoxy groups -OCH3 is 1. The van der Waals surface area contributed by atoms with Crippen LogP contribution >= 0.6 is 11.6 Å². The van der Waals surface area contributed by atoms with Gasteiger partial charge in [-0.3, -0.25) is 14.2 Å². The van der Waals surface area contributed by atoms with Crippen molar-refractivity contribution in [3.63, 3.8) is 0 Å². The molecule has 0 bridgehead atoms. The first-order valence-electron chi connectivity index (χ1n) is 7.73. The van der Waals surface area contributed by atoms with Crippen molar-refractivity contribution in [1.82, 2.24) is 4.57 Å². The number of benzene rings is 1. The van der Waals surface area contributed by atoms with E-state index < -0.39 is 40.9 Å². The molecule has 0 saturated heterocycles. The second kappa shape index (κ2) is 7.93. The molecule has 0 aliphatic carbocycles. The van der Waals surface area contributed by atoms with Gasteiger partial charge < -0.3 is 15.8 Å². The van der Waals surface area contributed by atoms with E-state index in [2.05, 4.69) is 10.1 Å². The van der Waals surface area contributed by atoms with Gasteiger partial charge in [-0.1, -0.05) is 11.6 Å². The first-order chi connectivity index (χ1) is 13.0. The molecule has 1 aromatic heterocycles. The summed E-state index contributed by atoms with van der Waals surface area (Å²) in [5.74, 6) is -1.81. The predicted octanol–water partition coefficient (Wildman–Crippen LogP) is 3.09. The number of nitrogens with two attached hydrogens (primary N) is 1. The molecule has 150 valence electrons. The van der Waals surface area contributed by atoms with Gasteiger partial charge in [-0.05, 0) is 31.2 Å². The number of pyridine rings is 1. The van der Waals surface area contributed by atoms with Crippen LogP contribution in [-0.4, -0.2) is 23.6 Å². The van der Waals surface area contributed by atoms with Crippen molar-refractivity contribution in [2.75, 3.05) is 18.2 Å². The summed E-state index contributed by atoms with van der Waals surface area (Å²) in [6.45, 7) is 1.19. The van der Waals surface area contributed by atoms with Gasteiger partial charge in [0.25, 0.3) is 11.5 Å². The number of amides is 1. The van der Waals surface area contributed by atoms with E-state index in [0.717, 1.165) is 7.11 Å². The van der Waals surface area contributed by atoms with Crippen LogP contribution in [0.15, 0.2) is 35.3 Å². The number of anilines is 2. The topological polar surface area (TPSA) is 103 Å². The summed E-state index contributed by atoms with van der Waals surface area (Å²) in [5.41, 5.74) is 2.81. The Bertz CT molecular complexity index is 989. The number of hydrogen-bond donors (Lipinski definition) is 2. The Morgan fingerprint density at radius 3 is 2.46 bits per heavy atom. The van der Waals surface area contributed by atoms with Gasteiger partial charge >= 0.3 is 12.1 Å². The number of nitrogens with zero attached hydrogens (tertiary/aromatic N) is 1. The van der Waals surface area contributed by atoms with Crippen molar-refractivity contribution < 1.29 is 27.5 Å². The molecule has 1 heterocycles. The summed E-state index contributed by atoms with van der Waals surface area (Å²) in [5, 5.41) is 2.18. The number of ether oxygens (including phenoxy) is 1. The van der Waals surface area contributed by atoms with Crippen LogP contribution < -0.4 is 16.6 Å². The van der Waals surface area contributed by atoms with Crippen LogP contribution in [0.4, 0.5) is 24.5 Å². The Morgan fingerprint density at radius 1 is 1.29 bits per heavy atom. The lowest BCUT2D eigenvalue weighted by molar-refractivity contribution is -0.145. The van der Waals surface area contributed by atoms with Gasteiger partial charge in [-0.2, -0.15) is 13.2 Å². The van der Waals surface area contributed by atoms with Gasteiger partial charge in [0.05, 0.1) is 23.4 Å². The summed E-state index contributed by atoms with van der Waals surface area (Å²) in [4.78, 5) is 36.5. The molecule has 11 heteroatoms. The third kappa shape index (κ3) is 4.45. The van der Waals surface area contributed by atoms with E-state index >= 15 is 0 Å². The quantitative estimate of drug-likeness (QED) is 0.587. The van der Waals surface area contributed by atoms with Gasteiger partial charge in [0.15, 0.2) is 0 Å². The van der Waals surface area contributed by atoms with Crippen LogP contribution in [-0.2, 0) is 15.7 Å². The van der Waals surface area contributed by atoms with E-state index in [1.54, 1.807) is 0 Å². The molecule has 1 unspecified atom stereocenters. The highest BCUT2D eigenvalue weighted by Gasteiger charge is 2.33. The van der Waals surface area contributed by atoms with Crippen molar-refractivity contribution in [3.8, 4) is 0 Å². The van der Waals surface area contributed by atoms with E-state index in [0.29, 0.717) is 16.8 Å². The lowest BCUT2D eigenvalue weighted by atomic mass is 10.1. The molecular weight excluding hydrogens is 403 g/mol. The third-order valence-corrected chi connectivity index (χ3v) is 4.17. The Kier molecular flexibility index (Phi) is 6.03. The fourth-order valence-electron chi connectivity index (χ4n) is 2.28. The van der Waals surface area contributed by atoms with Crippen LogP contribution in [0.2, 0.25) is 5.02 Å². The molecule has 1 aromatic carbocycles. The molecule has 2 rings (SSSR count). The first-order valence-corrected chi connectivity index (χ1v) is 8.11. The van der Waals surface area contributed by atoms with Gasteiger partial charge in [-0.25, -0.2) is 4.79 Å². The molecule has 0 aliphatic heterocycles. The van der Waals surface area contributed by atoms with Gasteiger partial charge in [0.1, 0.15) is 11.7 Å². The SMILES string of the molecule is COC(=O)C(C)n1cc(C(F)(F)F)cc(NC(=O)c2ccc(N)c(Cl)c2)c1=O. The van der Waals surface area contributed by atoms with Crippen LogP contribution in [0, 0.1) is 0 Å². The molecule has 3 N–H and O–H groups in total. The fraction of sp³-hybridized carbons (Fsp3) is 0.235. The number of nitrogen functional groups attached to an aromatic ring is 1. The van der Waals surface area contributed by atoms with Crippen molar-refractivity contribution in [3.05, 3.63) is 57.0 Å². The number of carbonyl (C=O) groups excluding carboxylic acids is 2. The van der Waals surface area contributed by atoms with E-state index in [4.69, 9.17) is 17.3 Å². The zero-order valence-corrected chi connectivity index (χ0v) is 15.4. The van der Waals surface area contributed by atoms with Gasteiger partial charge in [0, 0.05) is 11.8 Å². The zero-order valence-electron chi connectivity index (χ0n) is 14.6. The molecule has 1 atom stereocenters. The molecule has 0 aliphatic rings. The normalized spacial score (nSPS) is 12.4. The van der Waals surface area contributed by atoms with Crippen LogP contribution in [0.1, 0.15) is 28.9 Å². The number of esters is 1. The highest BCUT2D eigenvalue weighted by molar-refractivity contribution is 6.33. The minimum absolute atomic E-state index is 0.0245. The third-order valence-electron chi connectivity index (χ3n) is 3.84. The van der Waals surface area contributed by atoms with Crippen LogP contribution in [0.5, 0.6) is 0 Å². The van der Waals surface area contributed by atoms with Crippen LogP contribution in [0.3, 0.4) is 0 Å². The number of nitrogens with one attached hydrogen (secondary N) is 1. The van der Waals surface area contributed by atoms with Crippen molar-refractivity contribution in [2.24, 2.45) is 0 Å². The summed E-state index contributed by atoms with van der Waals surface area (Å²) in [7, 11) is 1.03. The summed E-state index contributed by atoms with van der Waals surface area (Å²) < 4.78 is 44.6. The van der Waals surface area contributed by atoms with Crippen molar-refractivity contribution >= 4 is 34.9 Å². The summed E-state index contributed by atoms with van der Waals surface area (Å²) in [6, 6.07) is 2.97. The molecule has 28 heavy (non-hydrogen) atoms. The Morgan fingerprint density at radius 2 is 1.93 bits per heavy atom. The smallest absolute Gasteiger partial charge is 0.417 e. The highest BCUT2D eigenvalue weighted by atomic mass is 35.5. The molecule has 0 saturated carbocycles. The molecule has 1 amide bonds. The maximum absolute atomic E-state index is 13.2. The predicted molar refractivity (Wildman–Crippen MR) is 96.2 cm³/mol. The van der Waals surface area contributed by atoms with E-state index in [1.165, 1.54) is 25.1 Å². The molecule has 0 radical (unpaired) electrons. The molecule has 7 nitrogen and oxygen atoms in total. The highest BCUT2D eigenvalue weighted by Crippen LogP contribution is 2.30. The minimum Gasteiger partial charge on any atom is -0.467 e. The monoisotopic (exact) mass is 417 g/mol. The number of aromatic nitrogens is 1. The van der Waals surface area contributed by atoms with E-state index in [9.17, 15) is 27.6 Å². The van der Waals surface area contributed by atoms with Gasteiger partial charge in [0.2, 0.25) is 0 Å². The van der Waals surface area contributed by atoms with E-state index in [-0.39, 0.29) is 16.3 Å². The van der Waals surface area contributed by atoms with Crippen molar-refractivity contribution in [2.45, 2.75) is 19.1 Å². The standard InChI is InChI=1S/C17H15ClF3N3O4/c1-8(16(27)28-2)24-7-10(17(19,20)21)6-13(15(24)26)23-14(25)9-3-4-12(22)11(18)5-9/h3-8H,22H2,1-2H3,(H,23,25). The number of hydrogen-bond acceptors (Lipinski definition) is 5. The number of rotatable bonds is 4. The first kappa shape index (κ1) is 21.3. The maximum Gasteiger partial charge on any atom is 0.417 e. The van der Waals surface area contributed by atoms with Crippen LogP contribution in [0.25, 0.3) is 0 Å². The second-order valence-electron chi connectivity index (χ2n) is 5.74. The molecule has 0 fully saturated rings. The Balaban J connectivity index is 2.53. The lowest BCUT2D eigenvalue weighted by Crippen LogP contribution is -2.32. The maximum atomic E-state index is 13.2. The lowest BCUT2D eigenvalue weighted by Gasteiger charge is -2.17. The van der Waals surface area contributed by atoms with Crippen molar-refractivity contribution in [1.29, 1.82) is 0 Å². The van der Waals surface area contributed by atoms with Gasteiger partial charge in [-0.15, -0.1) is 0 Å².